The molecule has 0 amide bonds. The van der Waals surface area contributed by atoms with Crippen molar-refractivity contribution in [1.29, 1.82) is 0 Å². The van der Waals surface area contributed by atoms with Gasteiger partial charge in [0.1, 0.15) is 5.82 Å². The number of hydrogen-bond donors (Lipinski definition) is 1. The van der Waals surface area contributed by atoms with Crippen LogP contribution in [0.25, 0.3) is 0 Å². The second-order valence-electron chi connectivity index (χ2n) is 4.24. The summed E-state index contributed by atoms with van der Waals surface area (Å²) in [6.07, 6.45) is 0. The second-order valence-corrected chi connectivity index (χ2v) is 7.96. The van der Waals surface area contributed by atoms with Crippen molar-refractivity contribution in [3.63, 3.8) is 0 Å². The van der Waals surface area contributed by atoms with E-state index in [0.29, 0.717) is 10.5 Å². The maximum absolute atomic E-state index is 12.0. The third-order valence-corrected chi connectivity index (χ3v) is 7.13. The smallest absolute Gasteiger partial charge is 0.255 e. The van der Waals surface area contributed by atoms with Gasteiger partial charge in [0.15, 0.2) is 0 Å². The van der Waals surface area contributed by atoms with Crippen molar-refractivity contribution in [1.82, 2.24) is 9.97 Å². The van der Waals surface area contributed by atoms with Crippen LogP contribution in [0, 0.1) is 0 Å². The van der Waals surface area contributed by atoms with E-state index in [1.54, 1.807) is 11.8 Å². The predicted molar refractivity (Wildman–Crippen MR) is 77.0 cm³/mol. The normalized spacial score (nSPS) is 28.1. The summed E-state index contributed by atoms with van der Waals surface area (Å²) >= 11 is 5.67. The van der Waals surface area contributed by atoms with Crippen LogP contribution in [0.2, 0.25) is 0 Å². The Morgan fingerprint density at radius 1 is 1.29 bits per heavy atom. The molecule has 0 spiro atoms. The van der Waals surface area contributed by atoms with Crippen LogP contribution < -0.4 is 5.56 Å². The fraction of sp³-hybridized carbons (Fsp3) is 0.636. The molecule has 2 atom stereocenters. The first kappa shape index (κ1) is 12.0. The molecule has 92 valence electrons. The summed E-state index contributed by atoms with van der Waals surface area (Å²) in [6.45, 7) is 2.23. The fourth-order valence-corrected chi connectivity index (χ4v) is 5.90. The molecule has 2 aliphatic heterocycles. The van der Waals surface area contributed by atoms with Crippen molar-refractivity contribution >= 4 is 35.3 Å². The molecule has 0 radical (unpaired) electrons. The molecule has 3 nitrogen and oxygen atoms in total. The zero-order valence-corrected chi connectivity index (χ0v) is 12.0. The van der Waals surface area contributed by atoms with Crippen LogP contribution >= 0.6 is 35.3 Å². The van der Waals surface area contributed by atoms with Crippen molar-refractivity contribution in [2.24, 2.45) is 0 Å². The van der Waals surface area contributed by atoms with Crippen LogP contribution in [0.15, 0.2) is 4.79 Å². The number of nitrogens with zero attached hydrogens (tertiary/aromatic N) is 1. The molecule has 3 rings (SSSR count). The van der Waals surface area contributed by atoms with E-state index in [1.165, 1.54) is 5.75 Å². The Bertz CT molecular complexity index is 488. The Labute approximate surface area is 113 Å². The van der Waals surface area contributed by atoms with Crippen molar-refractivity contribution in [3.8, 4) is 0 Å². The SMILES string of the molecule is CC1SCCSC1c1nc2c(c(=O)[nH]1)CSC2. The van der Waals surface area contributed by atoms with Crippen molar-refractivity contribution < 1.29 is 0 Å². The topological polar surface area (TPSA) is 45.8 Å². The maximum Gasteiger partial charge on any atom is 0.255 e. The molecule has 1 saturated heterocycles. The van der Waals surface area contributed by atoms with E-state index in [1.807, 2.05) is 23.5 Å². The summed E-state index contributed by atoms with van der Waals surface area (Å²) < 4.78 is 0. The molecule has 0 saturated carbocycles. The van der Waals surface area contributed by atoms with Gasteiger partial charge in [0, 0.05) is 33.8 Å². The molecule has 1 aromatic rings. The lowest BCUT2D eigenvalue weighted by atomic mass is 10.2. The number of H-pyrrole nitrogens is 1. The number of aromatic nitrogens is 2. The van der Waals surface area contributed by atoms with Gasteiger partial charge < -0.3 is 4.98 Å². The number of rotatable bonds is 1. The van der Waals surface area contributed by atoms with Crippen LogP contribution in [-0.2, 0) is 11.5 Å². The van der Waals surface area contributed by atoms with E-state index in [0.717, 1.165) is 34.3 Å². The molecule has 1 fully saturated rings. The zero-order valence-electron chi connectivity index (χ0n) is 9.56. The highest BCUT2D eigenvalue weighted by Crippen LogP contribution is 2.41. The van der Waals surface area contributed by atoms with E-state index in [-0.39, 0.29) is 5.56 Å². The zero-order chi connectivity index (χ0) is 11.8. The van der Waals surface area contributed by atoms with Gasteiger partial charge in [-0.15, -0.1) is 11.8 Å². The number of nitrogens with one attached hydrogen (secondary N) is 1. The van der Waals surface area contributed by atoms with Crippen molar-refractivity contribution in [3.05, 3.63) is 27.4 Å². The Morgan fingerprint density at radius 3 is 2.94 bits per heavy atom. The van der Waals surface area contributed by atoms with Gasteiger partial charge in [-0.1, -0.05) is 6.92 Å². The molecule has 17 heavy (non-hydrogen) atoms. The first-order chi connectivity index (χ1) is 8.25. The second kappa shape index (κ2) is 4.90. The van der Waals surface area contributed by atoms with Crippen molar-refractivity contribution in [2.45, 2.75) is 28.9 Å². The summed E-state index contributed by atoms with van der Waals surface area (Å²) in [5.41, 5.74) is 1.98. The van der Waals surface area contributed by atoms with Gasteiger partial charge in [-0.3, -0.25) is 4.79 Å². The molecular formula is C11H14N2OS3. The monoisotopic (exact) mass is 286 g/mol. The predicted octanol–water partition coefficient (Wildman–Crippen LogP) is 2.43. The van der Waals surface area contributed by atoms with Crippen LogP contribution in [0.4, 0.5) is 0 Å². The summed E-state index contributed by atoms with van der Waals surface area (Å²) in [7, 11) is 0. The Hall–Kier alpha value is -0.0700. The molecule has 6 heteroatoms. The summed E-state index contributed by atoms with van der Waals surface area (Å²) in [6, 6.07) is 0. The van der Waals surface area contributed by atoms with Gasteiger partial charge in [0.05, 0.1) is 10.9 Å². The Kier molecular flexibility index (Phi) is 3.45. The molecule has 2 aliphatic rings. The number of hydrogen-bond acceptors (Lipinski definition) is 5. The lowest BCUT2D eigenvalue weighted by Gasteiger charge is -2.27. The highest BCUT2D eigenvalue weighted by Gasteiger charge is 2.28. The molecule has 0 bridgehead atoms. The summed E-state index contributed by atoms with van der Waals surface area (Å²) in [4.78, 5) is 19.6. The van der Waals surface area contributed by atoms with Gasteiger partial charge in [-0.25, -0.2) is 4.98 Å². The van der Waals surface area contributed by atoms with Crippen molar-refractivity contribution in [2.75, 3.05) is 11.5 Å². The lowest BCUT2D eigenvalue weighted by Crippen LogP contribution is -2.24. The Morgan fingerprint density at radius 2 is 2.12 bits per heavy atom. The molecule has 0 aliphatic carbocycles. The van der Waals surface area contributed by atoms with Gasteiger partial charge in [-0.05, 0) is 0 Å². The maximum atomic E-state index is 12.0. The molecule has 0 aromatic carbocycles. The van der Waals surface area contributed by atoms with Crippen LogP contribution in [-0.4, -0.2) is 26.7 Å². The van der Waals surface area contributed by atoms with Crippen LogP contribution in [0.3, 0.4) is 0 Å². The minimum absolute atomic E-state index is 0.0818. The molecule has 2 unspecified atom stereocenters. The summed E-state index contributed by atoms with van der Waals surface area (Å²) in [5.74, 6) is 4.95. The average molecular weight is 286 g/mol. The number of thioether (sulfide) groups is 3. The molecule has 1 N–H and O–H groups in total. The van der Waals surface area contributed by atoms with Gasteiger partial charge >= 0.3 is 0 Å². The average Bonchev–Trinajstić information content (AvgIpc) is 2.78. The third-order valence-electron chi connectivity index (χ3n) is 3.06. The quantitative estimate of drug-likeness (QED) is 0.859. The Balaban J connectivity index is 1.98. The van der Waals surface area contributed by atoms with E-state index in [4.69, 9.17) is 0 Å². The van der Waals surface area contributed by atoms with Crippen LogP contribution in [0.5, 0.6) is 0 Å². The lowest BCUT2D eigenvalue weighted by molar-refractivity contribution is 0.799. The first-order valence-electron chi connectivity index (χ1n) is 5.68. The molecule has 3 heterocycles. The minimum atomic E-state index is 0.0818. The minimum Gasteiger partial charge on any atom is -0.309 e. The van der Waals surface area contributed by atoms with Gasteiger partial charge in [0.25, 0.3) is 5.56 Å². The first-order valence-corrected chi connectivity index (χ1v) is 8.94. The molecular weight excluding hydrogens is 272 g/mol. The highest BCUT2D eigenvalue weighted by atomic mass is 32.2. The van der Waals surface area contributed by atoms with E-state index < -0.39 is 0 Å². The van der Waals surface area contributed by atoms with E-state index >= 15 is 0 Å². The molecule has 1 aromatic heterocycles. The third kappa shape index (κ3) is 2.27. The van der Waals surface area contributed by atoms with Gasteiger partial charge in [-0.2, -0.15) is 23.5 Å². The summed E-state index contributed by atoms with van der Waals surface area (Å²) in [5, 5.41) is 0.876. The highest BCUT2D eigenvalue weighted by molar-refractivity contribution is 8.06. The van der Waals surface area contributed by atoms with Gasteiger partial charge in [0.2, 0.25) is 0 Å². The van der Waals surface area contributed by atoms with Crippen LogP contribution in [0.1, 0.15) is 29.3 Å². The standard InChI is InChI=1S/C11H14N2OS3/c1-6-9(17-3-2-16-6)10-12-8-5-15-4-7(8)11(14)13-10/h6,9H,2-5H2,1H3,(H,12,13,14). The fourth-order valence-electron chi connectivity index (χ4n) is 2.15. The number of fused-ring (bicyclic) bond motifs is 1. The largest absolute Gasteiger partial charge is 0.309 e. The van der Waals surface area contributed by atoms with E-state index in [9.17, 15) is 4.79 Å². The van der Waals surface area contributed by atoms with E-state index in [2.05, 4.69) is 16.9 Å². The number of aromatic amines is 1.